The Kier molecular flexibility index (Phi) is 2.74. The van der Waals surface area contributed by atoms with E-state index in [1.165, 1.54) is 0 Å². The van der Waals surface area contributed by atoms with Crippen LogP contribution in [0.15, 0.2) is 0 Å². The van der Waals surface area contributed by atoms with Crippen molar-refractivity contribution in [1.29, 1.82) is 0 Å². The average Bonchev–Trinajstić information content (AvgIpc) is 2.62. The lowest BCUT2D eigenvalue weighted by Crippen LogP contribution is -2.40. The molecule has 0 bridgehead atoms. The van der Waals surface area contributed by atoms with Crippen LogP contribution in [0.2, 0.25) is 0 Å². The Morgan fingerprint density at radius 1 is 1.13 bits per heavy atom. The Labute approximate surface area is 87.4 Å². The fourth-order valence-electron chi connectivity index (χ4n) is 1.87. The largest absolute Gasteiger partial charge is 0.387 e. The first-order chi connectivity index (χ1) is 6.91. The Balaban J connectivity index is 2.01. The van der Waals surface area contributed by atoms with Gasteiger partial charge in [-0.3, -0.25) is 0 Å². The SMILES string of the molecule is CC1(C)OCC(C2OC(O)C(O)C2O)O1. The van der Waals surface area contributed by atoms with Gasteiger partial charge in [-0.1, -0.05) is 0 Å². The molecule has 2 saturated heterocycles. The normalized spacial score (nSPS) is 49.8. The molecule has 0 amide bonds. The van der Waals surface area contributed by atoms with Crippen LogP contribution in [0.4, 0.5) is 0 Å². The molecule has 2 aliphatic rings. The van der Waals surface area contributed by atoms with Crippen molar-refractivity contribution in [2.75, 3.05) is 6.61 Å². The molecule has 3 N–H and O–H groups in total. The van der Waals surface area contributed by atoms with Crippen LogP contribution in [0.25, 0.3) is 0 Å². The van der Waals surface area contributed by atoms with E-state index >= 15 is 0 Å². The highest BCUT2D eigenvalue weighted by atomic mass is 16.8. The first-order valence-corrected chi connectivity index (χ1v) is 4.92. The molecule has 6 nitrogen and oxygen atoms in total. The summed E-state index contributed by atoms with van der Waals surface area (Å²) in [6.07, 6.45) is -5.03. The minimum atomic E-state index is -1.36. The summed E-state index contributed by atoms with van der Waals surface area (Å²) in [6.45, 7) is 3.77. The van der Waals surface area contributed by atoms with Gasteiger partial charge in [-0.2, -0.15) is 0 Å². The molecule has 5 atom stereocenters. The minimum absolute atomic E-state index is 0.272. The van der Waals surface area contributed by atoms with Gasteiger partial charge in [0.1, 0.15) is 24.4 Å². The molecule has 0 aliphatic carbocycles. The lowest BCUT2D eigenvalue weighted by atomic mass is 10.1. The molecular formula is C9H16O6. The lowest BCUT2D eigenvalue weighted by Gasteiger charge is -2.22. The van der Waals surface area contributed by atoms with E-state index < -0.39 is 36.5 Å². The lowest BCUT2D eigenvalue weighted by molar-refractivity contribution is -0.177. The van der Waals surface area contributed by atoms with Crippen molar-refractivity contribution in [1.82, 2.24) is 0 Å². The second-order valence-corrected chi connectivity index (χ2v) is 4.34. The molecule has 88 valence electrons. The fraction of sp³-hybridized carbons (Fsp3) is 1.00. The first kappa shape index (κ1) is 11.3. The summed E-state index contributed by atoms with van der Waals surface area (Å²) < 4.78 is 15.8. The zero-order valence-electron chi connectivity index (χ0n) is 8.66. The Morgan fingerprint density at radius 2 is 1.80 bits per heavy atom. The third kappa shape index (κ3) is 2.01. The zero-order chi connectivity index (χ0) is 11.2. The van der Waals surface area contributed by atoms with Gasteiger partial charge in [0.2, 0.25) is 0 Å². The fourth-order valence-corrected chi connectivity index (χ4v) is 1.87. The smallest absolute Gasteiger partial charge is 0.184 e. The highest BCUT2D eigenvalue weighted by molar-refractivity contribution is 4.93. The van der Waals surface area contributed by atoms with E-state index in [1.807, 2.05) is 0 Å². The second kappa shape index (κ2) is 3.65. The van der Waals surface area contributed by atoms with Gasteiger partial charge in [-0.05, 0) is 13.8 Å². The third-order valence-electron chi connectivity index (χ3n) is 2.67. The molecule has 0 aromatic carbocycles. The number of hydrogen-bond donors (Lipinski definition) is 3. The van der Waals surface area contributed by atoms with Crippen LogP contribution in [0.3, 0.4) is 0 Å². The van der Waals surface area contributed by atoms with E-state index in [0.29, 0.717) is 0 Å². The summed E-state index contributed by atoms with van der Waals surface area (Å²) in [6, 6.07) is 0. The Hall–Kier alpha value is -0.240. The van der Waals surface area contributed by atoms with Crippen LogP contribution in [-0.2, 0) is 14.2 Å². The molecule has 2 aliphatic heterocycles. The summed E-state index contributed by atoms with van der Waals surface area (Å²) >= 11 is 0. The van der Waals surface area contributed by atoms with Gasteiger partial charge in [-0.25, -0.2) is 0 Å². The van der Waals surface area contributed by atoms with Crippen molar-refractivity contribution in [3.8, 4) is 0 Å². The maximum atomic E-state index is 9.59. The van der Waals surface area contributed by atoms with E-state index in [0.717, 1.165) is 0 Å². The van der Waals surface area contributed by atoms with Gasteiger partial charge in [0.15, 0.2) is 12.1 Å². The molecule has 0 aromatic heterocycles. The molecule has 2 fully saturated rings. The number of aliphatic hydroxyl groups excluding tert-OH is 3. The van der Waals surface area contributed by atoms with Crippen LogP contribution >= 0.6 is 0 Å². The highest BCUT2D eigenvalue weighted by Crippen LogP contribution is 2.31. The van der Waals surface area contributed by atoms with Gasteiger partial charge in [-0.15, -0.1) is 0 Å². The number of rotatable bonds is 1. The molecule has 0 saturated carbocycles. The Morgan fingerprint density at radius 3 is 2.20 bits per heavy atom. The van der Waals surface area contributed by atoms with Crippen LogP contribution in [-0.4, -0.2) is 58.4 Å². The molecule has 5 unspecified atom stereocenters. The Bertz CT molecular complexity index is 243. The summed E-state index contributed by atoms with van der Waals surface area (Å²) in [4.78, 5) is 0. The van der Waals surface area contributed by atoms with Crippen LogP contribution < -0.4 is 0 Å². The minimum Gasteiger partial charge on any atom is -0.387 e. The van der Waals surface area contributed by atoms with E-state index in [2.05, 4.69) is 0 Å². The van der Waals surface area contributed by atoms with Crippen LogP contribution in [0, 0.1) is 0 Å². The zero-order valence-corrected chi connectivity index (χ0v) is 8.66. The maximum Gasteiger partial charge on any atom is 0.184 e. The quantitative estimate of drug-likeness (QED) is 0.502. The second-order valence-electron chi connectivity index (χ2n) is 4.34. The van der Waals surface area contributed by atoms with Crippen molar-refractivity contribution >= 4 is 0 Å². The molecule has 2 rings (SSSR count). The number of ether oxygens (including phenoxy) is 3. The standard InChI is InChI=1S/C9H16O6/c1-9(2)13-3-4(15-9)7-5(10)6(11)8(12)14-7/h4-8,10-12H,3H2,1-2H3. The first-order valence-electron chi connectivity index (χ1n) is 4.92. The van der Waals surface area contributed by atoms with Crippen molar-refractivity contribution in [3.63, 3.8) is 0 Å². The molecule has 2 heterocycles. The van der Waals surface area contributed by atoms with Gasteiger partial charge in [0, 0.05) is 0 Å². The molecule has 6 heteroatoms. The van der Waals surface area contributed by atoms with Gasteiger partial charge in [0.25, 0.3) is 0 Å². The predicted octanol–water partition coefficient (Wildman–Crippen LogP) is -1.42. The molecule has 0 aromatic rings. The third-order valence-corrected chi connectivity index (χ3v) is 2.67. The van der Waals surface area contributed by atoms with Crippen molar-refractivity contribution < 1.29 is 29.5 Å². The van der Waals surface area contributed by atoms with E-state index in [9.17, 15) is 15.3 Å². The van der Waals surface area contributed by atoms with E-state index in [-0.39, 0.29) is 6.61 Å². The van der Waals surface area contributed by atoms with Crippen molar-refractivity contribution in [2.45, 2.75) is 50.3 Å². The topological polar surface area (TPSA) is 88.4 Å². The summed E-state index contributed by atoms with van der Waals surface area (Å²) in [5.41, 5.74) is 0. The molecular weight excluding hydrogens is 204 g/mol. The monoisotopic (exact) mass is 220 g/mol. The highest BCUT2D eigenvalue weighted by Gasteiger charge is 2.49. The van der Waals surface area contributed by atoms with E-state index in [4.69, 9.17) is 14.2 Å². The van der Waals surface area contributed by atoms with Crippen LogP contribution in [0.5, 0.6) is 0 Å². The van der Waals surface area contributed by atoms with Crippen LogP contribution in [0.1, 0.15) is 13.8 Å². The average molecular weight is 220 g/mol. The van der Waals surface area contributed by atoms with Crippen molar-refractivity contribution in [3.05, 3.63) is 0 Å². The van der Waals surface area contributed by atoms with Gasteiger partial charge in [0.05, 0.1) is 6.61 Å². The van der Waals surface area contributed by atoms with Crippen molar-refractivity contribution in [2.24, 2.45) is 0 Å². The van der Waals surface area contributed by atoms with Gasteiger partial charge < -0.3 is 29.5 Å². The summed E-state index contributed by atoms with van der Waals surface area (Å²) in [5, 5.41) is 28.1. The maximum absolute atomic E-state index is 9.59. The van der Waals surface area contributed by atoms with E-state index in [1.54, 1.807) is 13.8 Å². The molecule has 0 radical (unpaired) electrons. The number of hydrogen-bond acceptors (Lipinski definition) is 6. The summed E-state index contributed by atoms with van der Waals surface area (Å²) in [7, 11) is 0. The number of aliphatic hydroxyl groups is 3. The predicted molar refractivity (Wildman–Crippen MR) is 47.8 cm³/mol. The molecule has 15 heavy (non-hydrogen) atoms. The molecule has 0 spiro atoms. The summed E-state index contributed by atoms with van der Waals surface area (Å²) in [5.74, 6) is -0.716. The van der Waals surface area contributed by atoms with Gasteiger partial charge >= 0.3 is 0 Å².